The monoisotopic (exact) mass is 402 g/mol. The van der Waals surface area contributed by atoms with Crippen molar-refractivity contribution in [1.29, 1.82) is 0 Å². The summed E-state index contributed by atoms with van der Waals surface area (Å²) in [5.41, 5.74) is 3.15. The molecule has 2 aromatic heterocycles. The summed E-state index contributed by atoms with van der Waals surface area (Å²) in [4.78, 5) is 33.4. The molecule has 2 heterocycles. The Balaban J connectivity index is 1.60. The number of rotatable bonds is 6. The van der Waals surface area contributed by atoms with Crippen LogP contribution in [0.4, 0.5) is 0 Å². The fourth-order valence-electron chi connectivity index (χ4n) is 2.69. The van der Waals surface area contributed by atoms with Gasteiger partial charge in [-0.2, -0.15) is 0 Å². The predicted octanol–water partition coefficient (Wildman–Crippen LogP) is 4.45. The van der Waals surface area contributed by atoms with Gasteiger partial charge in [0.05, 0.1) is 11.1 Å². The van der Waals surface area contributed by atoms with Crippen LogP contribution in [-0.4, -0.2) is 21.7 Å². The Bertz CT molecular complexity index is 1020. The van der Waals surface area contributed by atoms with Crippen molar-refractivity contribution >= 4 is 39.3 Å². The first-order valence-electron chi connectivity index (χ1n) is 8.68. The Hall–Kier alpha value is -2.12. The van der Waals surface area contributed by atoms with Gasteiger partial charge >= 0.3 is 5.97 Å². The second-order valence-electron chi connectivity index (χ2n) is 6.53. The third-order valence-electron chi connectivity index (χ3n) is 4.36. The Morgan fingerprint density at radius 1 is 1.26 bits per heavy atom. The molecule has 1 N–H and O–H groups in total. The normalized spacial score (nSPS) is 12.3. The highest BCUT2D eigenvalue weighted by Crippen LogP contribution is 2.27. The number of hydrogen-bond donors (Lipinski definition) is 1. The molecule has 0 unspecified atom stereocenters. The molecule has 3 rings (SSSR count). The fourth-order valence-corrected chi connectivity index (χ4v) is 4.49. The van der Waals surface area contributed by atoms with Crippen LogP contribution in [0.15, 0.2) is 29.1 Å². The smallest absolute Gasteiger partial charge is 0.316 e. The van der Waals surface area contributed by atoms with E-state index in [0.717, 1.165) is 16.2 Å². The van der Waals surface area contributed by atoms with Crippen molar-refractivity contribution in [3.05, 3.63) is 62.0 Å². The molecule has 0 bridgehead atoms. The van der Waals surface area contributed by atoms with Crippen LogP contribution in [0.3, 0.4) is 0 Å². The van der Waals surface area contributed by atoms with Crippen molar-refractivity contribution in [2.45, 2.75) is 39.6 Å². The van der Waals surface area contributed by atoms with Gasteiger partial charge in [-0.25, -0.2) is 4.98 Å². The molecule has 0 amide bonds. The standard InChI is InChI=1S/C20H22N2O3S2/c1-11-5-7-15(8-6-11)9-26-10-16(23)25-13(3)18-21-19(24)17-12(2)14(4)27-20(17)22-18/h5-8,13H,9-10H2,1-4H3,(H,21,22,24)/t13-/m0/s1. The van der Waals surface area contributed by atoms with E-state index >= 15 is 0 Å². The fraction of sp³-hybridized carbons (Fsp3) is 0.350. The first-order chi connectivity index (χ1) is 12.8. The summed E-state index contributed by atoms with van der Waals surface area (Å²) in [6, 6.07) is 8.24. The van der Waals surface area contributed by atoms with Gasteiger partial charge in [0, 0.05) is 10.6 Å². The van der Waals surface area contributed by atoms with Crippen molar-refractivity contribution in [1.82, 2.24) is 9.97 Å². The molecule has 0 saturated heterocycles. The molecule has 7 heteroatoms. The summed E-state index contributed by atoms with van der Waals surface area (Å²) in [5.74, 6) is 1.06. The van der Waals surface area contributed by atoms with Gasteiger partial charge in [0.1, 0.15) is 4.83 Å². The molecule has 142 valence electrons. The van der Waals surface area contributed by atoms with Crippen molar-refractivity contribution in [2.75, 3.05) is 5.75 Å². The topological polar surface area (TPSA) is 72.0 Å². The SMILES string of the molecule is Cc1ccc(CSCC(=O)O[C@@H](C)c2nc3sc(C)c(C)c3c(=O)[nH]2)cc1. The zero-order chi connectivity index (χ0) is 19.6. The number of benzene rings is 1. The van der Waals surface area contributed by atoms with Crippen LogP contribution in [-0.2, 0) is 15.3 Å². The maximum Gasteiger partial charge on any atom is 0.316 e. The number of carbonyl (C=O) groups excluding carboxylic acids is 1. The highest BCUT2D eigenvalue weighted by atomic mass is 32.2. The van der Waals surface area contributed by atoms with Crippen molar-refractivity contribution in [3.63, 3.8) is 0 Å². The number of fused-ring (bicyclic) bond motifs is 1. The number of H-pyrrole nitrogens is 1. The summed E-state index contributed by atoms with van der Waals surface area (Å²) in [6.45, 7) is 7.65. The Kier molecular flexibility index (Phi) is 6.01. The lowest BCUT2D eigenvalue weighted by Gasteiger charge is -2.12. The Labute approximate surface area is 166 Å². The van der Waals surface area contributed by atoms with Gasteiger partial charge in [-0.05, 0) is 38.8 Å². The van der Waals surface area contributed by atoms with E-state index in [0.29, 0.717) is 16.0 Å². The predicted molar refractivity (Wildman–Crippen MR) is 112 cm³/mol. The van der Waals surface area contributed by atoms with Gasteiger partial charge in [0.2, 0.25) is 0 Å². The lowest BCUT2D eigenvalue weighted by molar-refractivity contribution is -0.145. The van der Waals surface area contributed by atoms with Crippen LogP contribution in [0.2, 0.25) is 0 Å². The number of esters is 1. The number of nitrogens with zero attached hydrogens (tertiary/aromatic N) is 1. The van der Waals surface area contributed by atoms with Crippen molar-refractivity contribution in [3.8, 4) is 0 Å². The first-order valence-corrected chi connectivity index (χ1v) is 10.6. The number of aryl methyl sites for hydroxylation is 3. The maximum atomic E-state index is 12.3. The van der Waals surface area contributed by atoms with Gasteiger partial charge in [0.15, 0.2) is 11.9 Å². The van der Waals surface area contributed by atoms with Crippen LogP contribution in [0, 0.1) is 20.8 Å². The Morgan fingerprint density at radius 3 is 2.67 bits per heavy atom. The lowest BCUT2D eigenvalue weighted by Crippen LogP contribution is -2.18. The average Bonchev–Trinajstić information content (AvgIpc) is 2.91. The number of aromatic amines is 1. The summed E-state index contributed by atoms with van der Waals surface area (Å²) in [7, 11) is 0. The number of nitrogens with one attached hydrogen (secondary N) is 1. The minimum Gasteiger partial charge on any atom is -0.454 e. The molecule has 0 saturated carbocycles. The van der Waals surface area contributed by atoms with Crippen LogP contribution in [0.1, 0.15) is 40.4 Å². The summed E-state index contributed by atoms with van der Waals surface area (Å²) in [5, 5.41) is 0.619. The molecule has 3 aromatic rings. The molecule has 0 aliphatic carbocycles. The lowest BCUT2D eigenvalue weighted by atomic mass is 10.2. The number of thiophene rings is 1. The van der Waals surface area contributed by atoms with Gasteiger partial charge in [0.25, 0.3) is 5.56 Å². The first kappa shape index (κ1) is 19.6. The molecule has 27 heavy (non-hydrogen) atoms. The summed E-state index contributed by atoms with van der Waals surface area (Å²) < 4.78 is 5.45. The second-order valence-corrected chi connectivity index (χ2v) is 8.71. The number of ether oxygens (including phenoxy) is 1. The molecule has 0 aliphatic rings. The van der Waals surface area contributed by atoms with E-state index in [-0.39, 0.29) is 17.3 Å². The van der Waals surface area contributed by atoms with Gasteiger partial charge in [-0.3, -0.25) is 9.59 Å². The van der Waals surface area contributed by atoms with Crippen LogP contribution in [0.5, 0.6) is 0 Å². The number of thioether (sulfide) groups is 1. The van der Waals surface area contributed by atoms with E-state index in [4.69, 9.17) is 4.74 Å². The summed E-state index contributed by atoms with van der Waals surface area (Å²) >= 11 is 2.98. The van der Waals surface area contributed by atoms with Crippen LogP contribution in [0.25, 0.3) is 10.2 Å². The van der Waals surface area contributed by atoms with E-state index in [2.05, 4.69) is 34.2 Å². The number of aromatic nitrogens is 2. The minimum atomic E-state index is -0.600. The minimum absolute atomic E-state index is 0.187. The van der Waals surface area contributed by atoms with Crippen molar-refractivity contribution < 1.29 is 9.53 Å². The van der Waals surface area contributed by atoms with Crippen LogP contribution >= 0.6 is 23.1 Å². The summed E-state index contributed by atoms with van der Waals surface area (Å²) in [6.07, 6.45) is -0.600. The zero-order valence-corrected chi connectivity index (χ0v) is 17.4. The maximum absolute atomic E-state index is 12.3. The molecular formula is C20H22N2O3S2. The van der Waals surface area contributed by atoms with E-state index in [1.807, 2.05) is 20.8 Å². The van der Waals surface area contributed by atoms with Crippen molar-refractivity contribution in [2.24, 2.45) is 0 Å². The molecule has 5 nitrogen and oxygen atoms in total. The molecular weight excluding hydrogens is 380 g/mol. The molecule has 0 radical (unpaired) electrons. The number of carbonyl (C=O) groups is 1. The van der Waals surface area contributed by atoms with Gasteiger partial charge in [-0.15, -0.1) is 23.1 Å². The highest BCUT2D eigenvalue weighted by Gasteiger charge is 2.18. The van der Waals surface area contributed by atoms with Gasteiger partial charge in [-0.1, -0.05) is 29.8 Å². The van der Waals surface area contributed by atoms with E-state index in [1.54, 1.807) is 6.92 Å². The molecule has 0 spiro atoms. The van der Waals surface area contributed by atoms with E-state index in [1.165, 1.54) is 34.2 Å². The third-order valence-corrected chi connectivity index (χ3v) is 6.44. The zero-order valence-electron chi connectivity index (χ0n) is 15.8. The van der Waals surface area contributed by atoms with Gasteiger partial charge < -0.3 is 9.72 Å². The third kappa shape index (κ3) is 4.59. The molecule has 1 atom stereocenters. The second kappa shape index (κ2) is 8.27. The Morgan fingerprint density at radius 2 is 1.96 bits per heavy atom. The number of hydrogen-bond acceptors (Lipinski definition) is 6. The molecule has 0 fully saturated rings. The molecule has 1 aromatic carbocycles. The van der Waals surface area contributed by atoms with Crippen LogP contribution < -0.4 is 5.56 Å². The van der Waals surface area contributed by atoms with E-state index < -0.39 is 6.10 Å². The largest absolute Gasteiger partial charge is 0.454 e. The quantitative estimate of drug-likeness (QED) is 0.617. The average molecular weight is 403 g/mol. The highest BCUT2D eigenvalue weighted by molar-refractivity contribution is 7.99. The molecule has 0 aliphatic heterocycles. The van der Waals surface area contributed by atoms with E-state index in [9.17, 15) is 9.59 Å².